The summed E-state index contributed by atoms with van der Waals surface area (Å²) in [6, 6.07) is 8.30. The van der Waals surface area contributed by atoms with Gasteiger partial charge in [0.05, 0.1) is 12.6 Å². The van der Waals surface area contributed by atoms with Gasteiger partial charge in [0, 0.05) is 24.8 Å². The molecule has 1 aromatic carbocycles. The molecule has 28 heavy (non-hydrogen) atoms. The van der Waals surface area contributed by atoms with Gasteiger partial charge in [-0.25, -0.2) is 4.98 Å². The number of amides is 1. The third-order valence-electron chi connectivity index (χ3n) is 4.20. The van der Waals surface area contributed by atoms with Crippen molar-refractivity contribution >= 4 is 5.91 Å². The van der Waals surface area contributed by atoms with Crippen LogP contribution in [-0.4, -0.2) is 30.1 Å². The first-order valence-electron chi connectivity index (χ1n) is 8.80. The van der Waals surface area contributed by atoms with Gasteiger partial charge >= 0.3 is 6.18 Å². The molecule has 0 radical (unpaired) electrons. The number of hydrogen-bond donors (Lipinski definition) is 2. The zero-order chi connectivity index (χ0) is 20.1. The Morgan fingerprint density at radius 1 is 1.32 bits per heavy atom. The lowest BCUT2D eigenvalue weighted by Crippen LogP contribution is -2.40. The molecule has 0 spiro atoms. The van der Waals surface area contributed by atoms with Crippen LogP contribution in [0.3, 0.4) is 0 Å². The van der Waals surface area contributed by atoms with E-state index in [9.17, 15) is 18.0 Å². The van der Waals surface area contributed by atoms with E-state index < -0.39 is 11.9 Å². The number of carbonyl (C=O) groups is 1. The minimum Gasteiger partial charge on any atom is -0.439 e. The third-order valence-corrected chi connectivity index (χ3v) is 4.20. The fourth-order valence-corrected chi connectivity index (χ4v) is 2.82. The highest BCUT2D eigenvalue weighted by atomic mass is 19.4. The summed E-state index contributed by atoms with van der Waals surface area (Å²) in [6.07, 6.45) is -2.91. The summed E-state index contributed by atoms with van der Waals surface area (Å²) >= 11 is 0. The Balaban J connectivity index is 1.76. The lowest BCUT2D eigenvalue weighted by Gasteiger charge is -2.23. The number of carbonyl (C=O) groups excluding carboxylic acids is 1. The number of rotatable bonds is 5. The fourth-order valence-electron chi connectivity index (χ4n) is 2.82. The molecule has 0 aliphatic carbocycles. The molecule has 1 aliphatic heterocycles. The third kappa shape index (κ3) is 5.20. The molecule has 6 nitrogen and oxygen atoms in total. The maximum absolute atomic E-state index is 13.0. The molecule has 1 unspecified atom stereocenters. The predicted octanol–water partition coefficient (Wildman–Crippen LogP) is 3.26. The van der Waals surface area contributed by atoms with E-state index in [4.69, 9.17) is 15.2 Å². The summed E-state index contributed by atoms with van der Waals surface area (Å²) in [5, 5.41) is 2.87. The highest BCUT2D eigenvalue weighted by Gasteiger charge is 2.33. The number of ether oxygens (including phenoxy) is 2. The molecule has 1 aliphatic rings. The monoisotopic (exact) mass is 395 g/mol. The second-order valence-corrected chi connectivity index (χ2v) is 6.42. The van der Waals surface area contributed by atoms with Gasteiger partial charge in [-0.1, -0.05) is 6.07 Å². The lowest BCUT2D eigenvalue weighted by molar-refractivity contribution is -0.141. The molecule has 1 saturated heterocycles. The molecule has 150 valence electrons. The first-order valence-corrected chi connectivity index (χ1v) is 8.80. The smallest absolute Gasteiger partial charge is 0.433 e. The first kappa shape index (κ1) is 20.1. The van der Waals surface area contributed by atoms with Crippen molar-refractivity contribution in [3.8, 4) is 11.6 Å². The molecule has 1 amide bonds. The summed E-state index contributed by atoms with van der Waals surface area (Å²) in [5.41, 5.74) is 4.94. The number of aromatic nitrogens is 1. The highest BCUT2D eigenvalue weighted by Crippen LogP contribution is 2.31. The van der Waals surface area contributed by atoms with Crippen molar-refractivity contribution in [2.45, 2.75) is 31.6 Å². The Morgan fingerprint density at radius 3 is 2.82 bits per heavy atom. The van der Waals surface area contributed by atoms with E-state index in [0.717, 1.165) is 18.9 Å². The summed E-state index contributed by atoms with van der Waals surface area (Å²) in [7, 11) is 0. The Labute approximate surface area is 159 Å². The van der Waals surface area contributed by atoms with Crippen molar-refractivity contribution in [3.63, 3.8) is 0 Å². The highest BCUT2D eigenvalue weighted by molar-refractivity contribution is 5.94. The van der Waals surface area contributed by atoms with Crippen LogP contribution in [0.4, 0.5) is 13.2 Å². The van der Waals surface area contributed by atoms with Crippen LogP contribution < -0.4 is 15.8 Å². The predicted molar refractivity (Wildman–Crippen MR) is 95.0 cm³/mol. The average molecular weight is 395 g/mol. The Morgan fingerprint density at radius 2 is 2.14 bits per heavy atom. The minimum absolute atomic E-state index is 0.0666. The summed E-state index contributed by atoms with van der Waals surface area (Å²) in [5.74, 6) is -0.351. The second-order valence-electron chi connectivity index (χ2n) is 6.42. The Bertz CT molecular complexity index is 837. The molecule has 1 atom stereocenters. The van der Waals surface area contributed by atoms with Crippen molar-refractivity contribution in [2.24, 2.45) is 5.73 Å². The van der Waals surface area contributed by atoms with E-state index >= 15 is 0 Å². The summed E-state index contributed by atoms with van der Waals surface area (Å²) in [6.45, 7) is 1.05. The van der Waals surface area contributed by atoms with Crippen LogP contribution in [0.2, 0.25) is 0 Å². The fraction of sp³-hybridized carbons (Fsp3) is 0.368. The van der Waals surface area contributed by atoms with E-state index in [0.29, 0.717) is 18.8 Å². The van der Waals surface area contributed by atoms with Crippen molar-refractivity contribution in [1.29, 1.82) is 0 Å². The number of pyridine rings is 1. The number of alkyl halides is 3. The normalized spacial score (nSPS) is 17.2. The van der Waals surface area contributed by atoms with E-state index in [1.165, 1.54) is 18.2 Å². The molecule has 2 heterocycles. The molecule has 1 aromatic heterocycles. The lowest BCUT2D eigenvalue weighted by atomic mass is 10.1. The molecule has 0 bridgehead atoms. The van der Waals surface area contributed by atoms with Gasteiger partial charge in [0.25, 0.3) is 5.91 Å². The van der Waals surface area contributed by atoms with E-state index in [1.54, 1.807) is 12.1 Å². The molecular formula is C19H20F3N3O3. The number of benzene rings is 1. The molecular weight excluding hydrogens is 375 g/mol. The van der Waals surface area contributed by atoms with Gasteiger partial charge in [-0.3, -0.25) is 4.79 Å². The first-order chi connectivity index (χ1) is 13.3. The van der Waals surface area contributed by atoms with Crippen molar-refractivity contribution in [2.75, 3.05) is 13.2 Å². The number of nitrogens with zero attached hydrogens (tertiary/aromatic N) is 1. The zero-order valence-electron chi connectivity index (χ0n) is 15.0. The molecule has 9 heteroatoms. The van der Waals surface area contributed by atoms with E-state index in [1.807, 2.05) is 0 Å². The standard InChI is InChI=1S/C19H20F3N3O3/c20-19(21,22)16-7-12(10-23)8-17(25-16)28-15-5-1-3-13(9-15)18(26)24-14-4-2-6-27-11-14/h1,3,5,7-9,14H,2,4,6,10-11,23H2,(H,24,26). The van der Waals surface area contributed by atoms with Crippen LogP contribution in [-0.2, 0) is 17.5 Å². The van der Waals surface area contributed by atoms with Crippen molar-refractivity contribution in [3.05, 3.63) is 53.2 Å². The number of hydrogen-bond acceptors (Lipinski definition) is 5. The van der Waals surface area contributed by atoms with Crippen molar-refractivity contribution < 1.29 is 27.4 Å². The van der Waals surface area contributed by atoms with Gasteiger partial charge in [0.1, 0.15) is 11.4 Å². The van der Waals surface area contributed by atoms with Crippen LogP contribution in [0.5, 0.6) is 11.6 Å². The van der Waals surface area contributed by atoms with Crippen LogP contribution in [0, 0.1) is 0 Å². The van der Waals surface area contributed by atoms with E-state index in [-0.39, 0.29) is 35.7 Å². The summed E-state index contributed by atoms with van der Waals surface area (Å²) in [4.78, 5) is 15.9. The van der Waals surface area contributed by atoms with Gasteiger partial charge in [-0.15, -0.1) is 0 Å². The topological polar surface area (TPSA) is 86.5 Å². The van der Waals surface area contributed by atoms with Crippen LogP contribution in [0.25, 0.3) is 0 Å². The van der Waals surface area contributed by atoms with Gasteiger partial charge in [0.2, 0.25) is 5.88 Å². The molecule has 1 fully saturated rings. The number of halogens is 3. The van der Waals surface area contributed by atoms with E-state index in [2.05, 4.69) is 10.3 Å². The zero-order valence-corrected chi connectivity index (χ0v) is 15.0. The van der Waals surface area contributed by atoms with Crippen LogP contribution in [0.15, 0.2) is 36.4 Å². The maximum Gasteiger partial charge on any atom is 0.433 e. The van der Waals surface area contributed by atoms with Crippen LogP contribution >= 0.6 is 0 Å². The van der Waals surface area contributed by atoms with Gasteiger partial charge < -0.3 is 20.5 Å². The minimum atomic E-state index is -4.62. The Hall–Kier alpha value is -2.65. The van der Waals surface area contributed by atoms with Gasteiger partial charge in [-0.05, 0) is 42.7 Å². The Kier molecular flexibility index (Phi) is 6.15. The molecule has 2 aromatic rings. The van der Waals surface area contributed by atoms with Gasteiger partial charge in [0.15, 0.2) is 0 Å². The summed E-state index contributed by atoms with van der Waals surface area (Å²) < 4.78 is 49.8. The molecule has 3 rings (SSSR count). The van der Waals surface area contributed by atoms with Crippen molar-refractivity contribution in [1.82, 2.24) is 10.3 Å². The second kappa shape index (κ2) is 8.57. The molecule has 0 saturated carbocycles. The quantitative estimate of drug-likeness (QED) is 0.812. The maximum atomic E-state index is 13.0. The van der Waals surface area contributed by atoms with Crippen LogP contribution in [0.1, 0.15) is 34.5 Å². The largest absolute Gasteiger partial charge is 0.439 e. The van der Waals surface area contributed by atoms with Gasteiger partial charge in [-0.2, -0.15) is 13.2 Å². The number of nitrogens with one attached hydrogen (secondary N) is 1. The average Bonchev–Trinajstić information content (AvgIpc) is 2.68. The SMILES string of the molecule is NCc1cc(Oc2cccc(C(=O)NC3CCCOC3)c2)nc(C(F)(F)F)c1. The number of nitrogens with two attached hydrogens (primary N) is 1. The molecule has 3 N–H and O–H groups in total.